The van der Waals surface area contributed by atoms with Crippen molar-refractivity contribution in [2.24, 2.45) is 5.92 Å². The molecule has 1 aliphatic rings. The standard InChI is InChI=1S/C13H13FO4/c1-17-13(16)9-7-18-12(6-11(9)15)8-4-2-3-5-10(8)14/h2-5,9,12H,6-7H2,1H3. The second-order valence-electron chi connectivity index (χ2n) is 4.09. The Morgan fingerprint density at radius 3 is 2.78 bits per heavy atom. The number of hydrogen-bond acceptors (Lipinski definition) is 4. The van der Waals surface area contributed by atoms with Gasteiger partial charge in [-0.3, -0.25) is 9.59 Å². The summed E-state index contributed by atoms with van der Waals surface area (Å²) in [6.45, 7) is -0.0650. The van der Waals surface area contributed by atoms with Gasteiger partial charge in [0.15, 0.2) is 5.78 Å². The first kappa shape index (κ1) is 12.7. The lowest BCUT2D eigenvalue weighted by atomic mass is 9.93. The highest BCUT2D eigenvalue weighted by Gasteiger charge is 2.36. The molecule has 1 heterocycles. The molecule has 96 valence electrons. The van der Waals surface area contributed by atoms with Crippen molar-refractivity contribution in [3.63, 3.8) is 0 Å². The number of benzene rings is 1. The van der Waals surface area contributed by atoms with Gasteiger partial charge >= 0.3 is 5.97 Å². The van der Waals surface area contributed by atoms with Crippen LogP contribution in [0.4, 0.5) is 4.39 Å². The summed E-state index contributed by atoms with van der Waals surface area (Å²) in [5.74, 6) is -2.18. The molecule has 2 atom stereocenters. The molecule has 0 spiro atoms. The van der Waals surface area contributed by atoms with Crippen LogP contribution in [-0.4, -0.2) is 25.5 Å². The van der Waals surface area contributed by atoms with Crippen molar-refractivity contribution >= 4 is 11.8 Å². The summed E-state index contributed by atoms with van der Waals surface area (Å²) in [5, 5.41) is 0. The Balaban J connectivity index is 2.11. The molecule has 0 bridgehead atoms. The lowest BCUT2D eigenvalue weighted by Crippen LogP contribution is -2.36. The van der Waals surface area contributed by atoms with Crippen LogP contribution in [0.2, 0.25) is 0 Å². The molecule has 18 heavy (non-hydrogen) atoms. The molecule has 4 nitrogen and oxygen atoms in total. The Labute approximate surface area is 104 Å². The summed E-state index contributed by atoms with van der Waals surface area (Å²) in [7, 11) is 1.22. The van der Waals surface area contributed by atoms with E-state index in [-0.39, 0.29) is 18.8 Å². The van der Waals surface area contributed by atoms with E-state index < -0.39 is 23.8 Å². The van der Waals surface area contributed by atoms with Crippen LogP contribution >= 0.6 is 0 Å². The molecule has 1 aromatic carbocycles. The number of esters is 1. The van der Waals surface area contributed by atoms with Crippen molar-refractivity contribution in [3.8, 4) is 0 Å². The maximum atomic E-state index is 13.5. The quantitative estimate of drug-likeness (QED) is 0.593. The summed E-state index contributed by atoms with van der Waals surface area (Å²) < 4.78 is 23.4. The predicted octanol–water partition coefficient (Wildman–Crippen LogP) is 1.65. The molecule has 1 fully saturated rings. The highest BCUT2D eigenvalue weighted by molar-refractivity contribution is 5.99. The number of ether oxygens (including phenoxy) is 2. The van der Waals surface area contributed by atoms with Gasteiger partial charge in [0.1, 0.15) is 11.7 Å². The normalized spacial score (nSPS) is 23.8. The third-order valence-electron chi connectivity index (χ3n) is 2.98. The van der Waals surface area contributed by atoms with Gasteiger partial charge in [0.2, 0.25) is 0 Å². The number of halogens is 1. The fourth-order valence-corrected chi connectivity index (χ4v) is 1.97. The minimum absolute atomic E-state index is 0.0132. The van der Waals surface area contributed by atoms with Gasteiger partial charge in [-0.1, -0.05) is 18.2 Å². The van der Waals surface area contributed by atoms with Crippen LogP contribution in [-0.2, 0) is 19.1 Å². The largest absolute Gasteiger partial charge is 0.468 e. The molecule has 2 unspecified atom stereocenters. The van der Waals surface area contributed by atoms with Crippen LogP contribution in [0.3, 0.4) is 0 Å². The van der Waals surface area contributed by atoms with Crippen LogP contribution in [0, 0.1) is 11.7 Å². The van der Waals surface area contributed by atoms with Gasteiger partial charge in [-0.05, 0) is 6.07 Å². The second-order valence-corrected chi connectivity index (χ2v) is 4.09. The molecule has 0 radical (unpaired) electrons. The average molecular weight is 252 g/mol. The van der Waals surface area contributed by atoms with Gasteiger partial charge in [0.05, 0.1) is 19.8 Å². The van der Waals surface area contributed by atoms with Crippen LogP contribution in [0.1, 0.15) is 18.1 Å². The first-order chi connectivity index (χ1) is 8.63. The van der Waals surface area contributed by atoms with Gasteiger partial charge < -0.3 is 9.47 Å². The van der Waals surface area contributed by atoms with E-state index in [1.165, 1.54) is 13.2 Å². The van der Waals surface area contributed by atoms with Gasteiger partial charge in [-0.2, -0.15) is 0 Å². The topological polar surface area (TPSA) is 52.6 Å². The van der Waals surface area contributed by atoms with E-state index in [1.54, 1.807) is 18.2 Å². The third-order valence-corrected chi connectivity index (χ3v) is 2.98. The lowest BCUT2D eigenvalue weighted by Gasteiger charge is -2.26. The Bertz CT molecular complexity index is 472. The molecule has 5 heteroatoms. The van der Waals surface area contributed by atoms with Crippen LogP contribution in [0.25, 0.3) is 0 Å². The molecule has 0 N–H and O–H groups in total. The van der Waals surface area contributed by atoms with Gasteiger partial charge in [-0.25, -0.2) is 4.39 Å². The van der Waals surface area contributed by atoms with E-state index in [0.717, 1.165) is 0 Å². The molecular formula is C13H13FO4. The van der Waals surface area contributed by atoms with Crippen LogP contribution in [0.15, 0.2) is 24.3 Å². The fourth-order valence-electron chi connectivity index (χ4n) is 1.97. The lowest BCUT2D eigenvalue weighted by molar-refractivity contribution is -0.158. The molecular weight excluding hydrogens is 239 g/mol. The molecule has 2 rings (SSSR count). The van der Waals surface area contributed by atoms with E-state index in [2.05, 4.69) is 4.74 Å². The maximum absolute atomic E-state index is 13.5. The van der Waals surface area contributed by atoms with E-state index >= 15 is 0 Å². The predicted molar refractivity (Wildman–Crippen MR) is 60.2 cm³/mol. The number of methoxy groups -OCH3 is 1. The summed E-state index contributed by atoms with van der Waals surface area (Å²) in [4.78, 5) is 23.1. The summed E-state index contributed by atoms with van der Waals surface area (Å²) >= 11 is 0. The van der Waals surface area contributed by atoms with Crippen molar-refractivity contribution in [1.82, 2.24) is 0 Å². The SMILES string of the molecule is COC(=O)C1COC(c2ccccc2F)CC1=O. The monoisotopic (exact) mass is 252 g/mol. The summed E-state index contributed by atoms with van der Waals surface area (Å²) in [5.41, 5.74) is 0.342. The maximum Gasteiger partial charge on any atom is 0.318 e. The number of hydrogen-bond donors (Lipinski definition) is 0. The van der Waals surface area contributed by atoms with Crippen molar-refractivity contribution in [2.45, 2.75) is 12.5 Å². The molecule has 0 aromatic heterocycles. The minimum Gasteiger partial charge on any atom is -0.468 e. The Morgan fingerprint density at radius 1 is 1.44 bits per heavy atom. The molecule has 1 saturated heterocycles. The average Bonchev–Trinajstić information content (AvgIpc) is 2.38. The zero-order valence-electron chi connectivity index (χ0n) is 9.89. The van der Waals surface area contributed by atoms with Gasteiger partial charge in [-0.15, -0.1) is 0 Å². The van der Waals surface area contributed by atoms with Gasteiger partial charge in [0.25, 0.3) is 0 Å². The first-order valence-electron chi connectivity index (χ1n) is 5.60. The zero-order chi connectivity index (χ0) is 13.1. The molecule has 0 saturated carbocycles. The van der Waals surface area contributed by atoms with Crippen molar-refractivity contribution in [1.29, 1.82) is 0 Å². The number of Topliss-reactive ketones (excluding diaryl/α,β-unsaturated/α-hetero) is 1. The Hall–Kier alpha value is -1.75. The fraction of sp³-hybridized carbons (Fsp3) is 0.385. The Morgan fingerprint density at radius 2 is 2.17 bits per heavy atom. The third kappa shape index (κ3) is 2.41. The molecule has 1 aromatic rings. The van der Waals surface area contributed by atoms with Crippen LogP contribution in [0.5, 0.6) is 0 Å². The second kappa shape index (κ2) is 5.27. The minimum atomic E-state index is -0.891. The van der Waals surface area contributed by atoms with Gasteiger partial charge in [0, 0.05) is 12.0 Å². The van der Waals surface area contributed by atoms with E-state index in [1.807, 2.05) is 0 Å². The highest BCUT2D eigenvalue weighted by atomic mass is 19.1. The van der Waals surface area contributed by atoms with E-state index in [4.69, 9.17) is 4.74 Å². The van der Waals surface area contributed by atoms with E-state index in [0.29, 0.717) is 5.56 Å². The van der Waals surface area contributed by atoms with Crippen molar-refractivity contribution in [2.75, 3.05) is 13.7 Å². The summed E-state index contributed by atoms with van der Waals surface area (Å²) in [6.07, 6.45) is -0.639. The number of carbonyl (C=O) groups excluding carboxylic acids is 2. The number of ketones is 1. The highest BCUT2D eigenvalue weighted by Crippen LogP contribution is 2.30. The number of rotatable bonds is 2. The smallest absolute Gasteiger partial charge is 0.318 e. The van der Waals surface area contributed by atoms with Crippen molar-refractivity contribution < 1.29 is 23.5 Å². The molecule has 0 aliphatic carbocycles. The zero-order valence-corrected chi connectivity index (χ0v) is 9.89. The van der Waals surface area contributed by atoms with E-state index in [9.17, 15) is 14.0 Å². The molecule has 1 aliphatic heterocycles. The number of carbonyl (C=O) groups is 2. The summed E-state index contributed by atoms with van der Waals surface area (Å²) in [6, 6.07) is 6.14. The first-order valence-corrected chi connectivity index (χ1v) is 5.60. The van der Waals surface area contributed by atoms with Crippen LogP contribution < -0.4 is 0 Å². The van der Waals surface area contributed by atoms with Crippen molar-refractivity contribution in [3.05, 3.63) is 35.6 Å². The molecule has 0 amide bonds. The Kier molecular flexibility index (Phi) is 3.72.